The number of halogens is 2. The Kier molecular flexibility index (Phi) is 8.46. The highest BCUT2D eigenvalue weighted by atomic mass is 79.9. The number of hydrogen-bond acceptors (Lipinski definition) is 5. The Morgan fingerprint density at radius 1 is 1.09 bits per heavy atom. The molecule has 3 rings (SSSR count). The number of carbonyl (C=O) groups is 2. The fraction of sp³-hybridized carbons (Fsp3) is 0.0800. The highest BCUT2D eigenvalue weighted by molar-refractivity contribution is 9.10. The molecule has 0 aliphatic heterocycles. The summed E-state index contributed by atoms with van der Waals surface area (Å²) in [6, 6.07) is 18.6. The van der Waals surface area contributed by atoms with Gasteiger partial charge in [-0.15, -0.1) is 0 Å². The van der Waals surface area contributed by atoms with Crippen molar-refractivity contribution in [1.82, 2.24) is 0 Å². The number of hydrogen-bond donors (Lipinski definition) is 2. The number of anilines is 1. The van der Waals surface area contributed by atoms with Gasteiger partial charge in [0.1, 0.15) is 18.2 Å². The zero-order valence-corrected chi connectivity index (χ0v) is 21.0. The van der Waals surface area contributed by atoms with Gasteiger partial charge in [-0.3, -0.25) is 4.79 Å². The van der Waals surface area contributed by atoms with Crippen molar-refractivity contribution < 1.29 is 24.2 Å². The highest BCUT2D eigenvalue weighted by Gasteiger charge is 2.15. The van der Waals surface area contributed by atoms with Crippen LogP contribution in [-0.4, -0.2) is 24.1 Å². The Hall–Kier alpha value is -3.61. The van der Waals surface area contributed by atoms with Crippen LogP contribution in [0.2, 0.25) is 0 Å². The van der Waals surface area contributed by atoms with Crippen LogP contribution in [0.15, 0.2) is 75.2 Å². The fourth-order valence-electron chi connectivity index (χ4n) is 2.91. The van der Waals surface area contributed by atoms with Crippen LogP contribution in [0.25, 0.3) is 6.08 Å². The SMILES string of the molecule is COc1cc(/C=C(\C#N)C(=O)Nc2ccc(C(=O)O)cc2)cc(Br)c1OCc1ccc(Br)cc1. The van der Waals surface area contributed by atoms with E-state index in [1.807, 2.05) is 30.3 Å². The second kappa shape index (κ2) is 11.5. The minimum Gasteiger partial charge on any atom is -0.493 e. The zero-order valence-electron chi connectivity index (χ0n) is 17.8. The second-order valence-electron chi connectivity index (χ2n) is 6.96. The molecule has 0 saturated carbocycles. The van der Waals surface area contributed by atoms with Gasteiger partial charge in [0.15, 0.2) is 11.5 Å². The minimum atomic E-state index is -1.07. The van der Waals surface area contributed by atoms with Crippen molar-refractivity contribution in [3.63, 3.8) is 0 Å². The molecule has 0 bridgehead atoms. The number of amides is 1. The van der Waals surface area contributed by atoms with Crippen LogP contribution in [0, 0.1) is 11.3 Å². The first-order valence-electron chi connectivity index (χ1n) is 9.82. The lowest BCUT2D eigenvalue weighted by molar-refractivity contribution is -0.112. The van der Waals surface area contributed by atoms with Crippen LogP contribution in [0.1, 0.15) is 21.5 Å². The number of aromatic carboxylic acids is 1. The summed E-state index contributed by atoms with van der Waals surface area (Å²) in [5.74, 6) is -0.778. The summed E-state index contributed by atoms with van der Waals surface area (Å²) in [5.41, 5.74) is 1.84. The number of methoxy groups -OCH3 is 1. The maximum atomic E-state index is 12.6. The third-order valence-electron chi connectivity index (χ3n) is 4.61. The normalized spacial score (nSPS) is 10.8. The predicted molar refractivity (Wildman–Crippen MR) is 135 cm³/mol. The topological polar surface area (TPSA) is 109 Å². The number of carboxylic acids is 1. The molecule has 0 atom stereocenters. The van der Waals surface area contributed by atoms with Crippen LogP contribution >= 0.6 is 31.9 Å². The molecular weight excluding hydrogens is 568 g/mol. The Morgan fingerprint density at radius 3 is 2.35 bits per heavy atom. The molecule has 2 N–H and O–H groups in total. The van der Waals surface area contributed by atoms with E-state index in [4.69, 9.17) is 14.6 Å². The molecule has 0 unspecified atom stereocenters. The van der Waals surface area contributed by atoms with Gasteiger partial charge < -0.3 is 19.9 Å². The molecule has 0 aliphatic carbocycles. The van der Waals surface area contributed by atoms with Gasteiger partial charge in [-0.05, 0) is 81.7 Å². The van der Waals surface area contributed by atoms with E-state index >= 15 is 0 Å². The summed E-state index contributed by atoms with van der Waals surface area (Å²) in [4.78, 5) is 23.5. The first-order chi connectivity index (χ1) is 16.3. The summed E-state index contributed by atoms with van der Waals surface area (Å²) in [5, 5.41) is 21.1. The highest BCUT2D eigenvalue weighted by Crippen LogP contribution is 2.38. The van der Waals surface area contributed by atoms with Crippen molar-refractivity contribution in [3.05, 3.63) is 91.9 Å². The molecule has 34 heavy (non-hydrogen) atoms. The van der Waals surface area contributed by atoms with Gasteiger partial charge in [0.2, 0.25) is 0 Å². The minimum absolute atomic E-state index is 0.0911. The maximum Gasteiger partial charge on any atom is 0.335 e. The van der Waals surface area contributed by atoms with Gasteiger partial charge in [0.25, 0.3) is 5.91 Å². The number of rotatable bonds is 8. The second-order valence-corrected chi connectivity index (χ2v) is 8.73. The van der Waals surface area contributed by atoms with Crippen molar-refractivity contribution in [2.75, 3.05) is 12.4 Å². The Labute approximate surface area is 212 Å². The van der Waals surface area contributed by atoms with Crippen molar-refractivity contribution in [1.29, 1.82) is 5.26 Å². The van der Waals surface area contributed by atoms with Crippen molar-refractivity contribution >= 4 is 55.5 Å². The molecule has 0 saturated heterocycles. The van der Waals surface area contributed by atoms with E-state index in [0.29, 0.717) is 33.8 Å². The Balaban J connectivity index is 1.78. The number of carbonyl (C=O) groups excluding carboxylic acids is 1. The van der Waals surface area contributed by atoms with E-state index in [0.717, 1.165) is 10.0 Å². The number of nitrogens with zero attached hydrogens (tertiary/aromatic N) is 1. The fourth-order valence-corrected chi connectivity index (χ4v) is 3.75. The quantitative estimate of drug-likeness (QED) is 0.246. The van der Waals surface area contributed by atoms with Crippen LogP contribution < -0.4 is 14.8 Å². The number of benzene rings is 3. The summed E-state index contributed by atoms with van der Waals surface area (Å²) in [7, 11) is 1.50. The number of nitrogens with one attached hydrogen (secondary N) is 1. The average Bonchev–Trinajstić information content (AvgIpc) is 2.82. The molecule has 9 heteroatoms. The van der Waals surface area contributed by atoms with Crippen molar-refractivity contribution in [2.24, 2.45) is 0 Å². The smallest absolute Gasteiger partial charge is 0.335 e. The number of ether oxygens (including phenoxy) is 2. The lowest BCUT2D eigenvalue weighted by Crippen LogP contribution is -2.13. The molecule has 172 valence electrons. The van der Waals surface area contributed by atoms with E-state index in [1.54, 1.807) is 12.1 Å². The van der Waals surface area contributed by atoms with Gasteiger partial charge in [-0.25, -0.2) is 4.79 Å². The zero-order chi connectivity index (χ0) is 24.7. The van der Waals surface area contributed by atoms with Gasteiger partial charge in [0.05, 0.1) is 17.1 Å². The number of carboxylic acid groups (broad SMARTS) is 1. The van der Waals surface area contributed by atoms with E-state index in [-0.39, 0.29) is 11.1 Å². The third kappa shape index (κ3) is 6.47. The van der Waals surface area contributed by atoms with E-state index < -0.39 is 11.9 Å². The molecule has 3 aromatic rings. The van der Waals surface area contributed by atoms with Gasteiger partial charge in [-0.2, -0.15) is 5.26 Å². The van der Waals surface area contributed by atoms with Crippen molar-refractivity contribution in [3.8, 4) is 17.6 Å². The van der Waals surface area contributed by atoms with Crippen LogP contribution in [0.3, 0.4) is 0 Å². The maximum absolute atomic E-state index is 12.6. The lowest BCUT2D eigenvalue weighted by atomic mass is 10.1. The first-order valence-corrected chi connectivity index (χ1v) is 11.4. The number of nitriles is 1. The molecule has 0 spiro atoms. The first kappa shape index (κ1) is 25.0. The molecule has 0 aliphatic rings. The Morgan fingerprint density at radius 2 is 1.76 bits per heavy atom. The van der Waals surface area contributed by atoms with Crippen molar-refractivity contribution in [2.45, 2.75) is 6.61 Å². The van der Waals surface area contributed by atoms with Gasteiger partial charge >= 0.3 is 5.97 Å². The molecule has 0 radical (unpaired) electrons. The Bertz CT molecular complexity index is 1280. The molecule has 0 aromatic heterocycles. The van der Waals surface area contributed by atoms with Crippen LogP contribution in [0.5, 0.6) is 11.5 Å². The molecule has 1 amide bonds. The van der Waals surface area contributed by atoms with Gasteiger partial charge in [-0.1, -0.05) is 28.1 Å². The third-order valence-corrected chi connectivity index (χ3v) is 5.73. The van der Waals surface area contributed by atoms with E-state index in [2.05, 4.69) is 37.2 Å². The lowest BCUT2D eigenvalue weighted by Gasteiger charge is -2.14. The summed E-state index contributed by atoms with van der Waals surface area (Å²) < 4.78 is 13.0. The van der Waals surface area contributed by atoms with Gasteiger partial charge in [0, 0.05) is 10.2 Å². The largest absolute Gasteiger partial charge is 0.493 e. The molecule has 0 heterocycles. The summed E-state index contributed by atoms with van der Waals surface area (Å²) in [6.07, 6.45) is 1.42. The molecular formula is C25H18Br2N2O5. The summed E-state index contributed by atoms with van der Waals surface area (Å²) in [6.45, 7) is 0.323. The molecule has 0 fully saturated rings. The summed E-state index contributed by atoms with van der Waals surface area (Å²) >= 11 is 6.87. The van der Waals surface area contributed by atoms with E-state index in [1.165, 1.54) is 37.5 Å². The van der Waals surface area contributed by atoms with Crippen LogP contribution in [-0.2, 0) is 11.4 Å². The van der Waals surface area contributed by atoms with Crippen LogP contribution in [0.4, 0.5) is 5.69 Å². The molecule has 7 nitrogen and oxygen atoms in total. The van der Waals surface area contributed by atoms with E-state index in [9.17, 15) is 14.9 Å². The molecule has 3 aromatic carbocycles. The predicted octanol–water partition coefficient (Wildman–Crippen LogP) is 6.04. The monoisotopic (exact) mass is 584 g/mol. The standard InChI is InChI=1S/C25H18Br2N2O5/c1-33-22-12-16(11-21(27)23(22)34-14-15-2-6-19(26)7-3-15)10-18(13-28)24(30)29-20-8-4-17(5-9-20)25(31)32/h2-12H,14H2,1H3,(H,29,30)(H,31,32)/b18-10+. The average molecular weight is 586 g/mol.